The molecule has 180 valence electrons. The molecule has 0 aliphatic heterocycles. The van der Waals surface area contributed by atoms with Gasteiger partial charge in [-0.2, -0.15) is 0 Å². The number of hydrazine groups is 1. The molecule has 4 N–H and O–H groups in total. The number of benzene rings is 3. The number of hydrogen-bond donors (Lipinski definition) is 2. The maximum absolute atomic E-state index is 13.4. The topological polar surface area (TPSA) is 90.2 Å². The van der Waals surface area contributed by atoms with Crippen LogP contribution in [0.3, 0.4) is 0 Å². The molecule has 1 unspecified atom stereocenters. The van der Waals surface area contributed by atoms with E-state index in [0.717, 1.165) is 16.7 Å². The molecular formula is C26H25F2N5OS. The highest BCUT2D eigenvalue weighted by atomic mass is 32.2. The second kappa shape index (κ2) is 10.2. The van der Waals surface area contributed by atoms with Gasteiger partial charge in [0.05, 0.1) is 17.1 Å². The van der Waals surface area contributed by atoms with Crippen molar-refractivity contribution in [3.05, 3.63) is 102 Å². The quantitative estimate of drug-likeness (QED) is 0.274. The lowest BCUT2D eigenvalue weighted by Gasteiger charge is -2.26. The summed E-state index contributed by atoms with van der Waals surface area (Å²) < 4.78 is 40.3. The van der Waals surface area contributed by atoms with Crippen molar-refractivity contribution in [2.24, 2.45) is 11.6 Å². The molecule has 0 radical (unpaired) electrons. The van der Waals surface area contributed by atoms with Crippen molar-refractivity contribution in [1.29, 1.82) is 0 Å². The van der Waals surface area contributed by atoms with Crippen LogP contribution >= 0.6 is 0 Å². The molecule has 0 amide bonds. The van der Waals surface area contributed by atoms with Gasteiger partial charge in [0.25, 0.3) is 6.43 Å². The molecule has 1 heterocycles. The minimum atomic E-state index is -2.70. The van der Waals surface area contributed by atoms with E-state index in [4.69, 9.17) is 11.6 Å². The molecule has 1 atom stereocenters. The highest BCUT2D eigenvalue weighted by molar-refractivity contribution is 7.84. The zero-order chi connectivity index (χ0) is 25.1. The number of nitrogens with zero attached hydrogens (tertiary/aromatic N) is 3. The van der Waals surface area contributed by atoms with Crippen LogP contribution in [-0.2, 0) is 10.8 Å². The fraction of sp³-hybridized carbons (Fsp3) is 0.115. The predicted molar refractivity (Wildman–Crippen MR) is 136 cm³/mol. The zero-order valence-electron chi connectivity index (χ0n) is 19.2. The van der Waals surface area contributed by atoms with Gasteiger partial charge in [0, 0.05) is 39.9 Å². The highest BCUT2D eigenvalue weighted by Crippen LogP contribution is 2.35. The number of hydrogen-bond acceptors (Lipinski definition) is 5. The first-order valence-electron chi connectivity index (χ1n) is 10.7. The number of anilines is 1. The molecular weight excluding hydrogens is 468 g/mol. The number of rotatable bonds is 7. The van der Waals surface area contributed by atoms with Crippen LogP contribution in [0.15, 0.2) is 90.1 Å². The van der Waals surface area contributed by atoms with Crippen LogP contribution in [0.5, 0.6) is 0 Å². The molecule has 6 nitrogen and oxygen atoms in total. The van der Waals surface area contributed by atoms with Gasteiger partial charge in [0.15, 0.2) is 0 Å². The number of nitrogens with two attached hydrogens (primary N) is 2. The van der Waals surface area contributed by atoms with E-state index in [9.17, 15) is 13.0 Å². The van der Waals surface area contributed by atoms with Gasteiger partial charge in [-0.3, -0.25) is 9.22 Å². The minimum absolute atomic E-state index is 0.322. The predicted octanol–water partition coefficient (Wildman–Crippen LogP) is 5.16. The fourth-order valence-electron chi connectivity index (χ4n) is 3.85. The standard InChI is InChI=1S/C26H25F2N5OS/c1-17-31-22(26(27)28)16-32(17)23-12-11-20(19-9-6-10-21(13-19)35(2)34)14-24(23)33(30)25(15-29)18-7-4-3-5-8-18/h3-16,26H,29-30H2,1-2H3/b25-15-. The number of aryl methyl sites for hydroxylation is 1. The molecule has 1 aromatic heterocycles. The first kappa shape index (κ1) is 24.3. The maximum atomic E-state index is 13.4. The smallest absolute Gasteiger partial charge is 0.281 e. The summed E-state index contributed by atoms with van der Waals surface area (Å²) in [5, 5.41) is 1.43. The summed E-state index contributed by atoms with van der Waals surface area (Å²) in [7, 11) is -1.14. The van der Waals surface area contributed by atoms with Crippen LogP contribution in [0, 0.1) is 6.92 Å². The summed E-state index contributed by atoms with van der Waals surface area (Å²) in [5.41, 5.74) is 9.69. The number of imidazole rings is 1. The highest BCUT2D eigenvalue weighted by Gasteiger charge is 2.20. The van der Waals surface area contributed by atoms with E-state index in [0.29, 0.717) is 27.8 Å². The monoisotopic (exact) mass is 493 g/mol. The third-order valence-corrected chi connectivity index (χ3v) is 6.52. The Morgan fingerprint density at radius 1 is 1.06 bits per heavy atom. The molecule has 0 bridgehead atoms. The molecule has 4 aromatic rings. The molecule has 35 heavy (non-hydrogen) atoms. The first-order valence-corrected chi connectivity index (χ1v) is 12.3. The normalized spacial score (nSPS) is 12.7. The molecule has 0 saturated carbocycles. The molecule has 0 aliphatic carbocycles. The maximum Gasteiger partial charge on any atom is 0.281 e. The SMILES string of the molecule is Cc1nc(C(F)F)cn1-c1ccc(-c2cccc(S(C)=O)c2)cc1N(N)/C(=C\N)c1ccccc1. The molecule has 9 heteroatoms. The first-order chi connectivity index (χ1) is 16.8. The van der Waals surface area contributed by atoms with E-state index in [2.05, 4.69) is 4.98 Å². The zero-order valence-corrected chi connectivity index (χ0v) is 20.0. The Labute approximate surface area is 204 Å². The van der Waals surface area contributed by atoms with Crippen molar-refractivity contribution in [3.63, 3.8) is 0 Å². The third kappa shape index (κ3) is 5.01. The lowest BCUT2D eigenvalue weighted by Crippen LogP contribution is -2.31. The van der Waals surface area contributed by atoms with Gasteiger partial charge in [0.2, 0.25) is 0 Å². The van der Waals surface area contributed by atoms with Gasteiger partial charge in [0.1, 0.15) is 11.5 Å². The molecule has 0 fully saturated rings. The summed E-state index contributed by atoms with van der Waals surface area (Å²) in [6.45, 7) is 1.65. The average Bonchev–Trinajstić information content (AvgIpc) is 3.26. The van der Waals surface area contributed by atoms with Crippen LogP contribution in [0.2, 0.25) is 0 Å². The van der Waals surface area contributed by atoms with Gasteiger partial charge in [-0.15, -0.1) is 0 Å². The van der Waals surface area contributed by atoms with Gasteiger partial charge in [-0.25, -0.2) is 19.6 Å². The number of alkyl halides is 2. The van der Waals surface area contributed by atoms with Crippen LogP contribution in [0.4, 0.5) is 14.5 Å². The summed E-state index contributed by atoms with van der Waals surface area (Å²) in [6.07, 6.45) is 1.63. The fourth-order valence-corrected chi connectivity index (χ4v) is 4.42. The van der Waals surface area contributed by atoms with E-state index in [1.165, 1.54) is 17.4 Å². The van der Waals surface area contributed by atoms with E-state index in [1.54, 1.807) is 29.9 Å². The Hall–Kier alpha value is -3.82. The van der Waals surface area contributed by atoms with Crippen molar-refractivity contribution < 1.29 is 13.0 Å². The summed E-state index contributed by atoms with van der Waals surface area (Å²) in [4.78, 5) is 4.69. The molecule has 0 aliphatic rings. The lowest BCUT2D eigenvalue weighted by molar-refractivity contribution is 0.146. The van der Waals surface area contributed by atoms with Crippen LogP contribution in [0.25, 0.3) is 22.5 Å². The summed E-state index contributed by atoms with van der Waals surface area (Å²) in [5.74, 6) is 7.01. The van der Waals surface area contributed by atoms with Crippen LogP contribution < -0.4 is 16.6 Å². The Balaban J connectivity index is 1.90. The molecule has 4 rings (SSSR count). The van der Waals surface area contributed by atoms with Gasteiger partial charge < -0.3 is 10.3 Å². The van der Waals surface area contributed by atoms with Gasteiger partial charge in [-0.05, 0) is 42.3 Å². The van der Waals surface area contributed by atoms with Crippen molar-refractivity contribution in [1.82, 2.24) is 9.55 Å². The molecule has 0 spiro atoms. The Kier molecular flexibility index (Phi) is 7.09. The third-order valence-electron chi connectivity index (χ3n) is 5.61. The minimum Gasteiger partial charge on any atom is -0.403 e. The summed E-state index contributed by atoms with van der Waals surface area (Å²) >= 11 is 0. The van der Waals surface area contributed by atoms with E-state index < -0.39 is 17.2 Å². The van der Waals surface area contributed by atoms with Gasteiger partial charge in [-0.1, -0.05) is 48.5 Å². The largest absolute Gasteiger partial charge is 0.403 e. The summed E-state index contributed by atoms with van der Waals surface area (Å²) in [6, 6.07) is 22.3. The van der Waals surface area contributed by atoms with Crippen molar-refractivity contribution in [2.75, 3.05) is 11.3 Å². The van der Waals surface area contributed by atoms with Crippen molar-refractivity contribution >= 4 is 22.2 Å². The van der Waals surface area contributed by atoms with E-state index in [1.807, 2.05) is 60.7 Å². The number of aromatic nitrogens is 2. The van der Waals surface area contributed by atoms with Crippen molar-refractivity contribution in [3.8, 4) is 16.8 Å². The second-order valence-electron chi connectivity index (χ2n) is 7.86. The van der Waals surface area contributed by atoms with Crippen molar-refractivity contribution in [2.45, 2.75) is 18.2 Å². The van der Waals surface area contributed by atoms with Gasteiger partial charge >= 0.3 is 0 Å². The van der Waals surface area contributed by atoms with E-state index >= 15 is 0 Å². The van der Waals surface area contributed by atoms with Crippen LogP contribution in [-0.4, -0.2) is 20.0 Å². The number of halogens is 2. The molecule has 3 aromatic carbocycles. The Morgan fingerprint density at radius 2 is 1.77 bits per heavy atom. The van der Waals surface area contributed by atoms with E-state index in [-0.39, 0.29) is 5.69 Å². The molecule has 0 saturated heterocycles. The van der Waals surface area contributed by atoms with Crippen LogP contribution in [0.1, 0.15) is 23.5 Å². The Bertz CT molecular complexity index is 1400. The Morgan fingerprint density at radius 3 is 2.40 bits per heavy atom. The average molecular weight is 494 g/mol. The lowest BCUT2D eigenvalue weighted by atomic mass is 10.0. The second-order valence-corrected chi connectivity index (χ2v) is 9.24.